The van der Waals surface area contributed by atoms with E-state index in [0.29, 0.717) is 5.56 Å². The number of alkyl halides is 1. The van der Waals surface area contributed by atoms with E-state index in [1.54, 1.807) is 38.4 Å². The van der Waals surface area contributed by atoms with Gasteiger partial charge in [-0.2, -0.15) is 0 Å². The third-order valence-electron chi connectivity index (χ3n) is 7.67. The minimum atomic E-state index is -1.99. The van der Waals surface area contributed by atoms with Crippen LogP contribution in [0, 0.1) is 12.3 Å². The number of nitrogens with one attached hydrogen (secondary N) is 3. The van der Waals surface area contributed by atoms with Gasteiger partial charge in [0.05, 0.1) is 22.2 Å². The topological polar surface area (TPSA) is 187 Å². The number of aliphatic hydroxyl groups is 1. The van der Waals surface area contributed by atoms with Crippen LogP contribution in [0.4, 0.5) is 4.39 Å². The molecule has 45 heavy (non-hydrogen) atoms. The molecule has 0 spiro atoms. The van der Waals surface area contributed by atoms with Crippen molar-refractivity contribution in [2.45, 2.75) is 77.4 Å². The second-order valence-electron chi connectivity index (χ2n) is 12.4. The fourth-order valence-corrected chi connectivity index (χ4v) is 5.74. The summed E-state index contributed by atoms with van der Waals surface area (Å²) in [6, 6.07) is 3.02. The summed E-state index contributed by atoms with van der Waals surface area (Å²) < 4.78 is 20.2. The average molecular weight is 648 g/mol. The fraction of sp³-hybridized carbons (Fsp3) is 0.533. The van der Waals surface area contributed by atoms with Gasteiger partial charge in [-0.3, -0.25) is 24.0 Å². The van der Waals surface area contributed by atoms with Crippen LogP contribution in [0.2, 0.25) is 0 Å². The fourth-order valence-electron chi connectivity index (χ4n) is 4.94. The van der Waals surface area contributed by atoms with E-state index in [2.05, 4.69) is 20.9 Å². The van der Waals surface area contributed by atoms with Gasteiger partial charge in [-0.25, -0.2) is 9.37 Å². The number of aliphatic carboxylic acids is 1. The number of nitrogens with zero attached hydrogens (tertiary/aromatic N) is 2. The summed E-state index contributed by atoms with van der Waals surface area (Å²) >= 11 is 1.41. The number of ether oxygens (including phenoxy) is 1. The van der Waals surface area contributed by atoms with Crippen LogP contribution >= 0.6 is 11.3 Å². The lowest BCUT2D eigenvalue weighted by Gasteiger charge is -2.35. The number of hydrogen-bond acceptors (Lipinski definition) is 9. The molecule has 13 nitrogen and oxygen atoms in total. The Morgan fingerprint density at radius 1 is 1.20 bits per heavy atom. The number of hydrogen-bond donors (Lipinski definition) is 5. The SMILES string of the molecule is Cc1ncsc1-c1ccc(CNC(=O)[C@@H]2C[C@@H](O)CN2C(=O)[C@@H](NC(=O)C2(F)CC2)C(C)(C)C)c(OCC(=O)NCC(=O)O)c1. The standard InChI is InChI=1S/C30H38FN5O8S/c1-16-24(45-15-34-16)17-5-6-18(21(9-17)44-14-22(38)32-12-23(39)40)11-33-26(41)20-10-19(37)13-36(20)27(42)25(29(2,3)4)35-28(43)30(31)7-8-30/h5-6,9,15,19-20,25,37H,7-8,10-14H2,1-4H3,(H,32,38)(H,33,41)(H,35,43)(H,39,40)/t19-,20+,25-/m1/s1. The summed E-state index contributed by atoms with van der Waals surface area (Å²) in [5, 5.41) is 26.8. The molecule has 1 saturated carbocycles. The molecule has 5 N–H and O–H groups in total. The highest BCUT2D eigenvalue weighted by Gasteiger charge is 2.53. The van der Waals surface area contributed by atoms with Crippen molar-refractivity contribution in [3.05, 3.63) is 35.0 Å². The number of carbonyl (C=O) groups is 5. The summed E-state index contributed by atoms with van der Waals surface area (Å²) in [5.41, 5.74) is 0.940. The highest BCUT2D eigenvalue weighted by atomic mass is 32.1. The summed E-state index contributed by atoms with van der Waals surface area (Å²) in [6.07, 6.45) is -0.851. The highest BCUT2D eigenvalue weighted by molar-refractivity contribution is 7.13. The van der Waals surface area contributed by atoms with Crippen molar-refractivity contribution in [1.82, 2.24) is 25.8 Å². The number of rotatable bonds is 12. The number of β-amino-alcohol motifs (C(OH)–C–C–N with tert-alkyl or cyclic N) is 1. The number of carbonyl (C=O) groups excluding carboxylic acids is 4. The van der Waals surface area contributed by atoms with Crippen molar-refractivity contribution >= 4 is 40.9 Å². The predicted octanol–water partition coefficient (Wildman–Crippen LogP) is 1.31. The van der Waals surface area contributed by atoms with Gasteiger partial charge >= 0.3 is 5.97 Å². The van der Waals surface area contributed by atoms with E-state index in [-0.39, 0.29) is 38.1 Å². The van der Waals surface area contributed by atoms with Crippen molar-refractivity contribution in [1.29, 1.82) is 0 Å². The van der Waals surface area contributed by atoms with Crippen LogP contribution in [-0.2, 0) is 30.5 Å². The number of thiazole rings is 1. The molecule has 0 radical (unpaired) electrons. The molecule has 2 fully saturated rings. The molecule has 4 amide bonds. The molecular weight excluding hydrogens is 609 g/mol. The van der Waals surface area contributed by atoms with E-state index < -0.39 is 72.0 Å². The van der Waals surface area contributed by atoms with Gasteiger partial charge in [-0.15, -0.1) is 11.3 Å². The summed E-state index contributed by atoms with van der Waals surface area (Å²) in [4.78, 5) is 68.9. The van der Waals surface area contributed by atoms with Gasteiger partial charge in [0.2, 0.25) is 11.8 Å². The molecule has 3 atom stereocenters. The first-order valence-electron chi connectivity index (χ1n) is 14.5. The lowest BCUT2D eigenvalue weighted by atomic mass is 9.85. The first-order valence-corrected chi connectivity index (χ1v) is 15.4. The number of aliphatic hydroxyl groups excluding tert-OH is 1. The second kappa shape index (κ2) is 13.5. The maximum Gasteiger partial charge on any atom is 0.322 e. The molecule has 0 unspecified atom stereocenters. The highest BCUT2D eigenvalue weighted by Crippen LogP contribution is 2.40. The molecule has 15 heteroatoms. The third-order valence-corrected chi connectivity index (χ3v) is 8.65. The largest absolute Gasteiger partial charge is 0.483 e. The molecule has 2 aliphatic rings. The van der Waals surface area contributed by atoms with Gasteiger partial charge in [-0.05, 0) is 36.8 Å². The molecule has 2 heterocycles. The summed E-state index contributed by atoms with van der Waals surface area (Å²) in [7, 11) is 0. The molecule has 1 saturated heterocycles. The normalized spacial score (nSPS) is 19.4. The van der Waals surface area contributed by atoms with Crippen LogP contribution in [0.15, 0.2) is 23.7 Å². The van der Waals surface area contributed by atoms with Crippen LogP contribution in [-0.4, -0.2) is 93.2 Å². The molecule has 4 rings (SSSR count). The van der Waals surface area contributed by atoms with E-state index in [9.17, 15) is 33.5 Å². The molecule has 1 aromatic heterocycles. The van der Waals surface area contributed by atoms with E-state index in [1.807, 2.05) is 13.0 Å². The Hall–Kier alpha value is -4.11. The lowest BCUT2D eigenvalue weighted by Crippen LogP contribution is -2.59. The Morgan fingerprint density at radius 3 is 2.51 bits per heavy atom. The van der Waals surface area contributed by atoms with Gasteiger partial charge in [-0.1, -0.05) is 32.9 Å². The van der Waals surface area contributed by atoms with Gasteiger partial charge in [0, 0.05) is 25.1 Å². The number of likely N-dealkylation sites (tertiary alicyclic amines) is 1. The average Bonchev–Trinajstić information content (AvgIpc) is 3.38. The Morgan fingerprint density at radius 2 is 1.91 bits per heavy atom. The zero-order valence-electron chi connectivity index (χ0n) is 25.5. The number of halogens is 1. The van der Waals surface area contributed by atoms with Crippen LogP contribution in [0.5, 0.6) is 5.75 Å². The first-order chi connectivity index (χ1) is 21.1. The second-order valence-corrected chi connectivity index (χ2v) is 13.3. The smallest absolute Gasteiger partial charge is 0.322 e. The number of aromatic nitrogens is 1. The van der Waals surface area contributed by atoms with Crippen molar-refractivity contribution in [3.8, 4) is 16.2 Å². The van der Waals surface area contributed by atoms with Crippen molar-refractivity contribution in [3.63, 3.8) is 0 Å². The van der Waals surface area contributed by atoms with Gasteiger partial charge < -0.3 is 35.8 Å². The predicted molar refractivity (Wildman–Crippen MR) is 161 cm³/mol. The van der Waals surface area contributed by atoms with Crippen molar-refractivity contribution < 1.29 is 43.3 Å². The quantitative estimate of drug-likeness (QED) is 0.226. The Kier molecular flexibility index (Phi) is 10.1. The lowest BCUT2D eigenvalue weighted by molar-refractivity contribution is -0.145. The number of carboxylic acids is 1. The Balaban J connectivity index is 1.49. The number of amides is 4. The van der Waals surface area contributed by atoms with Crippen LogP contribution in [0.3, 0.4) is 0 Å². The number of aryl methyl sites for hydroxylation is 1. The number of benzene rings is 1. The number of carboxylic acid groups (broad SMARTS) is 1. The maximum absolute atomic E-state index is 14.4. The molecule has 1 aliphatic heterocycles. The first kappa shape index (κ1) is 33.8. The van der Waals surface area contributed by atoms with Gasteiger partial charge in [0.25, 0.3) is 11.8 Å². The zero-order chi connectivity index (χ0) is 33.1. The maximum atomic E-state index is 14.4. The summed E-state index contributed by atoms with van der Waals surface area (Å²) in [6.45, 7) is 5.76. The minimum absolute atomic E-state index is 0.0356. The van der Waals surface area contributed by atoms with Crippen LogP contribution in [0.25, 0.3) is 10.4 Å². The van der Waals surface area contributed by atoms with Gasteiger partial charge in [0.1, 0.15) is 24.4 Å². The monoisotopic (exact) mass is 647 g/mol. The van der Waals surface area contributed by atoms with E-state index in [1.165, 1.54) is 16.2 Å². The molecule has 1 aliphatic carbocycles. The Labute approximate surface area is 263 Å². The van der Waals surface area contributed by atoms with E-state index in [4.69, 9.17) is 9.84 Å². The van der Waals surface area contributed by atoms with Crippen LogP contribution in [0.1, 0.15) is 51.3 Å². The van der Waals surface area contributed by atoms with E-state index >= 15 is 0 Å². The minimum Gasteiger partial charge on any atom is -0.483 e. The molecule has 2 aromatic rings. The van der Waals surface area contributed by atoms with Crippen molar-refractivity contribution in [2.24, 2.45) is 5.41 Å². The molecule has 1 aromatic carbocycles. The van der Waals surface area contributed by atoms with Crippen LogP contribution < -0.4 is 20.7 Å². The zero-order valence-corrected chi connectivity index (χ0v) is 26.3. The summed E-state index contributed by atoms with van der Waals surface area (Å²) in [5.74, 6) is -3.61. The Bertz CT molecular complexity index is 1470. The third kappa shape index (κ3) is 8.34. The molecular formula is C30H38FN5O8S. The molecule has 0 bridgehead atoms. The van der Waals surface area contributed by atoms with Crippen molar-refractivity contribution in [2.75, 3.05) is 19.7 Å². The molecule has 244 valence electrons. The van der Waals surface area contributed by atoms with E-state index in [0.717, 1.165) is 16.1 Å². The van der Waals surface area contributed by atoms with Gasteiger partial charge in [0.15, 0.2) is 12.3 Å².